The first-order valence-corrected chi connectivity index (χ1v) is 6.55. The van der Waals surface area contributed by atoms with Crippen molar-refractivity contribution in [3.8, 4) is 0 Å². The Morgan fingerprint density at radius 1 is 1.25 bits per heavy atom. The summed E-state index contributed by atoms with van der Waals surface area (Å²) in [5, 5.41) is 0. The Balaban J connectivity index is 2.60. The van der Waals surface area contributed by atoms with Crippen LogP contribution in [0.1, 0.15) is 24.0 Å². The minimum absolute atomic E-state index is 0.792. The molecule has 0 saturated heterocycles. The molecule has 0 aliphatic carbocycles. The lowest BCUT2D eigenvalue weighted by atomic mass is 10.1. The van der Waals surface area contributed by atoms with Gasteiger partial charge in [-0.15, -0.1) is 0 Å². The van der Waals surface area contributed by atoms with Crippen molar-refractivity contribution in [2.75, 3.05) is 20.6 Å². The number of rotatable bonds is 6. The van der Waals surface area contributed by atoms with E-state index in [-0.39, 0.29) is 0 Å². The van der Waals surface area contributed by atoms with E-state index in [1.54, 1.807) is 0 Å². The van der Waals surface area contributed by atoms with Crippen LogP contribution in [0.15, 0.2) is 22.7 Å². The van der Waals surface area contributed by atoms with Crippen molar-refractivity contribution in [3.05, 3.63) is 33.8 Å². The molecule has 0 saturated carbocycles. The normalized spacial score (nSPS) is 11.1. The smallest absolute Gasteiger partial charge is 0.0238 e. The van der Waals surface area contributed by atoms with Gasteiger partial charge < -0.3 is 10.6 Å². The fourth-order valence-corrected chi connectivity index (χ4v) is 2.24. The van der Waals surface area contributed by atoms with Crippen LogP contribution in [0, 0.1) is 0 Å². The summed E-state index contributed by atoms with van der Waals surface area (Å²) in [6, 6.07) is 6.66. The molecule has 3 heteroatoms. The van der Waals surface area contributed by atoms with Gasteiger partial charge in [0.2, 0.25) is 0 Å². The van der Waals surface area contributed by atoms with Crippen LogP contribution in [0.2, 0.25) is 0 Å². The van der Waals surface area contributed by atoms with E-state index in [1.807, 2.05) is 0 Å². The number of aryl methyl sites for hydroxylation is 1. The predicted octanol–water partition coefficient (Wildman–Crippen LogP) is 2.79. The average molecular weight is 285 g/mol. The standard InChI is InChI=1S/C13H21BrN2/c1-16(2)10-12-7-6-11(9-13(12)14)5-3-4-8-15/h6-7,9H,3-5,8,10,15H2,1-2H3. The van der Waals surface area contributed by atoms with E-state index in [2.05, 4.69) is 53.1 Å². The fraction of sp³-hybridized carbons (Fsp3) is 0.538. The quantitative estimate of drug-likeness (QED) is 0.814. The highest BCUT2D eigenvalue weighted by Crippen LogP contribution is 2.20. The van der Waals surface area contributed by atoms with E-state index < -0.39 is 0 Å². The second-order valence-corrected chi connectivity index (χ2v) is 5.26. The average Bonchev–Trinajstić information content (AvgIpc) is 2.22. The second kappa shape index (κ2) is 7.05. The van der Waals surface area contributed by atoms with Crippen LogP contribution < -0.4 is 5.73 Å². The molecular formula is C13H21BrN2. The molecule has 0 spiro atoms. The Bertz CT molecular complexity index is 324. The summed E-state index contributed by atoms with van der Waals surface area (Å²) < 4.78 is 1.21. The molecule has 1 rings (SSSR count). The second-order valence-electron chi connectivity index (χ2n) is 4.41. The van der Waals surface area contributed by atoms with E-state index in [4.69, 9.17) is 5.73 Å². The van der Waals surface area contributed by atoms with Gasteiger partial charge in [0.1, 0.15) is 0 Å². The summed E-state index contributed by atoms with van der Waals surface area (Å²) in [6.45, 7) is 1.77. The van der Waals surface area contributed by atoms with Crippen molar-refractivity contribution in [1.29, 1.82) is 0 Å². The maximum Gasteiger partial charge on any atom is 0.0238 e. The molecule has 1 aromatic rings. The molecule has 1 aromatic carbocycles. The molecule has 0 fully saturated rings. The number of nitrogens with two attached hydrogens (primary N) is 1. The summed E-state index contributed by atoms with van der Waals surface area (Å²) in [6.07, 6.45) is 3.41. The molecule has 0 atom stereocenters. The van der Waals surface area contributed by atoms with Gasteiger partial charge in [-0.3, -0.25) is 0 Å². The van der Waals surface area contributed by atoms with Gasteiger partial charge in [0.25, 0.3) is 0 Å². The third kappa shape index (κ3) is 4.64. The third-order valence-corrected chi connectivity index (χ3v) is 3.26. The number of unbranched alkanes of at least 4 members (excludes halogenated alkanes) is 1. The van der Waals surface area contributed by atoms with E-state index in [9.17, 15) is 0 Å². The number of hydrogen-bond donors (Lipinski definition) is 1. The third-order valence-electron chi connectivity index (χ3n) is 2.52. The lowest BCUT2D eigenvalue weighted by molar-refractivity contribution is 0.401. The predicted molar refractivity (Wildman–Crippen MR) is 73.5 cm³/mol. The molecule has 0 heterocycles. The van der Waals surface area contributed by atoms with Crippen LogP contribution >= 0.6 is 15.9 Å². The van der Waals surface area contributed by atoms with Gasteiger partial charge in [-0.2, -0.15) is 0 Å². The minimum atomic E-state index is 0.792. The zero-order chi connectivity index (χ0) is 12.0. The summed E-state index contributed by atoms with van der Waals surface area (Å²) >= 11 is 3.63. The van der Waals surface area contributed by atoms with Gasteiger partial charge in [0, 0.05) is 11.0 Å². The van der Waals surface area contributed by atoms with Gasteiger partial charge >= 0.3 is 0 Å². The van der Waals surface area contributed by atoms with Gasteiger partial charge in [-0.05, 0) is 57.1 Å². The molecule has 90 valence electrons. The monoisotopic (exact) mass is 284 g/mol. The summed E-state index contributed by atoms with van der Waals surface area (Å²) in [4.78, 5) is 2.17. The Hall–Kier alpha value is -0.380. The summed E-state index contributed by atoms with van der Waals surface area (Å²) in [5.74, 6) is 0. The van der Waals surface area contributed by atoms with Crippen molar-refractivity contribution in [2.24, 2.45) is 5.73 Å². The Labute approximate surface area is 107 Å². The molecule has 0 aliphatic heterocycles. The fourth-order valence-electron chi connectivity index (χ4n) is 1.69. The highest BCUT2D eigenvalue weighted by atomic mass is 79.9. The lowest BCUT2D eigenvalue weighted by Gasteiger charge is -2.12. The maximum atomic E-state index is 5.49. The molecule has 16 heavy (non-hydrogen) atoms. The molecule has 0 aliphatic rings. The van der Waals surface area contributed by atoms with E-state index in [0.29, 0.717) is 0 Å². The number of halogens is 1. The van der Waals surface area contributed by atoms with Gasteiger partial charge in [-0.25, -0.2) is 0 Å². The SMILES string of the molecule is CN(C)Cc1ccc(CCCCN)cc1Br. The maximum absolute atomic E-state index is 5.49. The largest absolute Gasteiger partial charge is 0.330 e. The molecule has 0 aromatic heterocycles. The number of benzene rings is 1. The first kappa shape index (κ1) is 13.7. The molecular weight excluding hydrogens is 264 g/mol. The highest BCUT2D eigenvalue weighted by Gasteiger charge is 2.02. The summed E-state index contributed by atoms with van der Waals surface area (Å²) in [7, 11) is 4.17. The zero-order valence-corrected chi connectivity index (χ0v) is 11.8. The molecule has 0 radical (unpaired) electrons. The first-order valence-electron chi connectivity index (χ1n) is 5.75. The van der Waals surface area contributed by atoms with Crippen molar-refractivity contribution in [3.63, 3.8) is 0 Å². The van der Waals surface area contributed by atoms with Crippen LogP contribution in [-0.2, 0) is 13.0 Å². The van der Waals surface area contributed by atoms with Crippen molar-refractivity contribution >= 4 is 15.9 Å². The van der Waals surface area contributed by atoms with Crippen LogP contribution in [-0.4, -0.2) is 25.5 Å². The zero-order valence-electron chi connectivity index (χ0n) is 10.2. The van der Waals surface area contributed by atoms with Gasteiger partial charge in [-0.1, -0.05) is 28.1 Å². The van der Waals surface area contributed by atoms with E-state index in [0.717, 1.165) is 25.9 Å². The number of hydrogen-bond acceptors (Lipinski definition) is 2. The molecule has 0 amide bonds. The van der Waals surface area contributed by atoms with Crippen LogP contribution in [0.3, 0.4) is 0 Å². The number of nitrogens with zero attached hydrogens (tertiary/aromatic N) is 1. The van der Waals surface area contributed by atoms with E-state index in [1.165, 1.54) is 22.0 Å². The van der Waals surface area contributed by atoms with Crippen molar-refractivity contribution < 1.29 is 0 Å². The molecule has 2 N–H and O–H groups in total. The highest BCUT2D eigenvalue weighted by molar-refractivity contribution is 9.10. The van der Waals surface area contributed by atoms with Crippen LogP contribution in [0.5, 0.6) is 0 Å². The molecule has 0 bridgehead atoms. The Kier molecular flexibility index (Phi) is 6.03. The minimum Gasteiger partial charge on any atom is -0.330 e. The topological polar surface area (TPSA) is 29.3 Å². The first-order chi connectivity index (χ1) is 7.63. The summed E-state index contributed by atoms with van der Waals surface area (Å²) in [5.41, 5.74) is 8.22. The van der Waals surface area contributed by atoms with Crippen LogP contribution in [0.25, 0.3) is 0 Å². The van der Waals surface area contributed by atoms with Crippen molar-refractivity contribution in [2.45, 2.75) is 25.8 Å². The van der Waals surface area contributed by atoms with Crippen LogP contribution in [0.4, 0.5) is 0 Å². The molecule has 0 unspecified atom stereocenters. The van der Waals surface area contributed by atoms with Gasteiger partial charge in [0.05, 0.1) is 0 Å². The van der Waals surface area contributed by atoms with E-state index >= 15 is 0 Å². The molecule has 2 nitrogen and oxygen atoms in total. The Morgan fingerprint density at radius 2 is 2.00 bits per heavy atom. The lowest BCUT2D eigenvalue weighted by Crippen LogP contribution is -2.11. The van der Waals surface area contributed by atoms with Gasteiger partial charge in [0.15, 0.2) is 0 Å². The Morgan fingerprint density at radius 3 is 2.56 bits per heavy atom. The van der Waals surface area contributed by atoms with Crippen molar-refractivity contribution in [1.82, 2.24) is 4.90 Å².